The van der Waals surface area contributed by atoms with Crippen LogP contribution in [0.1, 0.15) is 30.9 Å². The number of hydrogen-bond acceptors (Lipinski definition) is 2. The zero-order chi connectivity index (χ0) is 12.5. The molecule has 0 atom stereocenters. The second-order valence-corrected chi connectivity index (χ2v) is 4.79. The maximum atomic E-state index is 3.80. The molecular formula is C16H18N2. The third-order valence-corrected chi connectivity index (χ3v) is 3.71. The zero-order valence-corrected chi connectivity index (χ0v) is 10.8. The lowest BCUT2D eigenvalue weighted by Gasteiger charge is -2.30. The number of nitrogens with one attached hydrogen (secondary N) is 2. The van der Waals surface area contributed by atoms with Crippen molar-refractivity contribution in [1.82, 2.24) is 5.32 Å². The average Bonchev–Trinajstić information content (AvgIpc) is 2.45. The molecule has 0 aromatic heterocycles. The Morgan fingerprint density at radius 1 is 1.39 bits per heavy atom. The Balaban J connectivity index is 2.18. The third kappa shape index (κ3) is 1.66. The van der Waals surface area contributed by atoms with E-state index in [1.165, 1.54) is 34.5 Å². The van der Waals surface area contributed by atoms with E-state index in [0.717, 1.165) is 25.1 Å². The van der Waals surface area contributed by atoms with E-state index in [-0.39, 0.29) is 0 Å². The van der Waals surface area contributed by atoms with Crippen molar-refractivity contribution in [1.29, 1.82) is 0 Å². The fourth-order valence-corrected chi connectivity index (χ4v) is 2.71. The summed E-state index contributed by atoms with van der Waals surface area (Å²) in [6, 6.07) is 6.66. The molecule has 0 radical (unpaired) electrons. The van der Waals surface area contributed by atoms with Crippen LogP contribution in [-0.2, 0) is 6.42 Å². The van der Waals surface area contributed by atoms with E-state index in [2.05, 4.69) is 48.1 Å². The quantitative estimate of drug-likeness (QED) is 0.732. The van der Waals surface area contributed by atoms with Crippen LogP contribution in [0, 0.1) is 0 Å². The molecule has 2 N–H and O–H groups in total. The molecule has 1 aromatic rings. The van der Waals surface area contributed by atoms with Gasteiger partial charge in [0.15, 0.2) is 0 Å². The van der Waals surface area contributed by atoms with Gasteiger partial charge in [-0.1, -0.05) is 25.6 Å². The summed E-state index contributed by atoms with van der Waals surface area (Å²) in [5, 5.41) is 7.00. The number of aryl methyl sites for hydroxylation is 1. The molecular weight excluding hydrogens is 220 g/mol. The molecule has 0 saturated heterocycles. The Morgan fingerprint density at radius 3 is 3.06 bits per heavy atom. The largest absolute Gasteiger partial charge is 0.384 e. The first-order valence-corrected chi connectivity index (χ1v) is 6.61. The normalized spacial score (nSPS) is 17.3. The molecule has 2 aliphatic rings. The van der Waals surface area contributed by atoms with Crippen LogP contribution >= 0.6 is 0 Å². The molecule has 2 heterocycles. The molecule has 0 spiro atoms. The molecule has 3 rings (SSSR count). The zero-order valence-electron chi connectivity index (χ0n) is 10.8. The SMILES string of the molecule is C=C=C1Nc2cc(CC)ccc2C2=C1CCCN2. The summed E-state index contributed by atoms with van der Waals surface area (Å²) in [6.45, 7) is 7.04. The fourth-order valence-electron chi connectivity index (χ4n) is 2.71. The number of allylic oxidation sites excluding steroid dienone is 1. The molecule has 0 fully saturated rings. The standard InChI is InChI=1S/C16H18N2/c1-3-11-7-8-13-15(10-11)18-14(4-2)12-6-5-9-17-16(12)13/h7-8,10,17-18H,2-3,5-6,9H2,1H3. The Bertz CT molecular complexity index is 575. The summed E-state index contributed by atoms with van der Waals surface area (Å²) >= 11 is 0. The van der Waals surface area contributed by atoms with E-state index in [4.69, 9.17) is 0 Å². The van der Waals surface area contributed by atoms with Crippen LogP contribution in [-0.4, -0.2) is 6.54 Å². The topological polar surface area (TPSA) is 24.1 Å². The van der Waals surface area contributed by atoms with Crippen molar-refractivity contribution >= 4 is 11.4 Å². The number of benzene rings is 1. The van der Waals surface area contributed by atoms with Gasteiger partial charge >= 0.3 is 0 Å². The monoisotopic (exact) mass is 238 g/mol. The summed E-state index contributed by atoms with van der Waals surface area (Å²) in [6.07, 6.45) is 3.33. The van der Waals surface area contributed by atoms with Crippen LogP contribution in [0.15, 0.2) is 41.8 Å². The number of anilines is 1. The Kier molecular flexibility index (Phi) is 2.73. The highest BCUT2D eigenvalue weighted by Gasteiger charge is 2.24. The minimum Gasteiger partial charge on any atom is -0.384 e. The molecule has 0 bridgehead atoms. The van der Waals surface area contributed by atoms with Crippen molar-refractivity contribution in [3.8, 4) is 0 Å². The summed E-state index contributed by atoms with van der Waals surface area (Å²) < 4.78 is 0. The summed E-state index contributed by atoms with van der Waals surface area (Å²) in [5.74, 6) is 0. The predicted molar refractivity (Wildman–Crippen MR) is 76.3 cm³/mol. The van der Waals surface area contributed by atoms with Gasteiger partial charge in [0.25, 0.3) is 0 Å². The van der Waals surface area contributed by atoms with E-state index in [1.807, 2.05) is 0 Å². The maximum absolute atomic E-state index is 3.80. The van der Waals surface area contributed by atoms with Crippen LogP contribution in [0.4, 0.5) is 5.69 Å². The molecule has 2 heteroatoms. The van der Waals surface area contributed by atoms with Crippen LogP contribution in [0.25, 0.3) is 5.70 Å². The van der Waals surface area contributed by atoms with Gasteiger partial charge in [-0.2, -0.15) is 0 Å². The van der Waals surface area contributed by atoms with Crippen molar-refractivity contribution < 1.29 is 0 Å². The van der Waals surface area contributed by atoms with Gasteiger partial charge in [0.2, 0.25) is 0 Å². The van der Waals surface area contributed by atoms with E-state index < -0.39 is 0 Å². The van der Waals surface area contributed by atoms with Crippen molar-refractivity contribution in [2.45, 2.75) is 26.2 Å². The molecule has 2 aliphatic heterocycles. The van der Waals surface area contributed by atoms with Gasteiger partial charge in [-0.3, -0.25) is 0 Å². The molecule has 0 unspecified atom stereocenters. The predicted octanol–water partition coefficient (Wildman–Crippen LogP) is 3.44. The maximum Gasteiger partial charge on any atom is 0.0865 e. The van der Waals surface area contributed by atoms with Crippen LogP contribution in [0.2, 0.25) is 0 Å². The van der Waals surface area contributed by atoms with Crippen molar-refractivity contribution in [2.75, 3.05) is 11.9 Å². The first-order valence-electron chi connectivity index (χ1n) is 6.61. The van der Waals surface area contributed by atoms with Gasteiger partial charge in [0.1, 0.15) is 0 Å². The van der Waals surface area contributed by atoms with Crippen molar-refractivity contribution in [3.63, 3.8) is 0 Å². The van der Waals surface area contributed by atoms with Crippen LogP contribution in [0.3, 0.4) is 0 Å². The Morgan fingerprint density at radius 2 is 2.28 bits per heavy atom. The van der Waals surface area contributed by atoms with Gasteiger partial charge in [-0.15, -0.1) is 5.73 Å². The highest BCUT2D eigenvalue weighted by molar-refractivity contribution is 5.86. The van der Waals surface area contributed by atoms with Gasteiger partial charge in [-0.25, -0.2) is 0 Å². The molecule has 0 amide bonds. The number of fused-ring (bicyclic) bond motifs is 2. The lowest BCUT2D eigenvalue weighted by atomic mass is 9.91. The summed E-state index contributed by atoms with van der Waals surface area (Å²) in [7, 11) is 0. The van der Waals surface area contributed by atoms with Crippen molar-refractivity contribution in [2.24, 2.45) is 0 Å². The minimum absolute atomic E-state index is 1.04. The lowest BCUT2D eigenvalue weighted by molar-refractivity contribution is 0.717. The van der Waals surface area contributed by atoms with Crippen LogP contribution in [0.5, 0.6) is 0 Å². The first-order chi connectivity index (χ1) is 8.83. The van der Waals surface area contributed by atoms with E-state index in [1.54, 1.807) is 0 Å². The Hall–Kier alpha value is -1.92. The van der Waals surface area contributed by atoms with Crippen molar-refractivity contribution in [3.05, 3.63) is 52.9 Å². The molecule has 1 aromatic carbocycles. The molecule has 92 valence electrons. The number of hydrogen-bond donors (Lipinski definition) is 2. The van der Waals surface area contributed by atoms with Gasteiger partial charge in [-0.05, 0) is 30.9 Å². The average molecular weight is 238 g/mol. The van der Waals surface area contributed by atoms with Gasteiger partial charge in [0.05, 0.1) is 5.70 Å². The van der Waals surface area contributed by atoms with Gasteiger partial charge < -0.3 is 10.6 Å². The third-order valence-electron chi connectivity index (χ3n) is 3.71. The fraction of sp³-hybridized carbons (Fsp3) is 0.312. The molecule has 0 aliphatic carbocycles. The van der Waals surface area contributed by atoms with E-state index >= 15 is 0 Å². The van der Waals surface area contributed by atoms with E-state index in [9.17, 15) is 0 Å². The highest BCUT2D eigenvalue weighted by atomic mass is 15.0. The second kappa shape index (κ2) is 4.40. The second-order valence-electron chi connectivity index (χ2n) is 4.79. The molecule has 2 nitrogen and oxygen atoms in total. The lowest BCUT2D eigenvalue weighted by Crippen LogP contribution is -2.26. The first kappa shape index (κ1) is 11.2. The van der Waals surface area contributed by atoms with E-state index in [0.29, 0.717) is 0 Å². The molecule has 0 saturated carbocycles. The number of rotatable bonds is 1. The summed E-state index contributed by atoms with van der Waals surface area (Å²) in [5.41, 5.74) is 10.5. The van der Waals surface area contributed by atoms with Crippen LogP contribution < -0.4 is 10.6 Å². The van der Waals surface area contributed by atoms with Gasteiger partial charge in [0, 0.05) is 29.1 Å². The Labute approximate surface area is 108 Å². The molecule has 18 heavy (non-hydrogen) atoms. The summed E-state index contributed by atoms with van der Waals surface area (Å²) in [4.78, 5) is 0. The minimum atomic E-state index is 1.04. The highest BCUT2D eigenvalue weighted by Crippen LogP contribution is 2.37. The smallest absolute Gasteiger partial charge is 0.0865 e.